The maximum absolute atomic E-state index is 2.28. The Morgan fingerprint density at radius 2 is 0.853 bits per heavy atom. The van der Waals surface area contributed by atoms with Crippen molar-refractivity contribution in [1.29, 1.82) is 0 Å². The number of rotatable bonds is 0. The van der Waals surface area contributed by atoms with E-state index in [1.807, 2.05) is 0 Å². The molecule has 6 rings (SSSR count). The van der Waals surface area contributed by atoms with E-state index in [0.717, 1.165) is 9.52 Å². The van der Waals surface area contributed by atoms with Crippen LogP contribution in [0.5, 0.6) is 0 Å². The first-order valence-electron chi connectivity index (χ1n) is 10.8. The summed E-state index contributed by atoms with van der Waals surface area (Å²) in [5, 5.41) is 10.8. The summed E-state index contributed by atoms with van der Waals surface area (Å²) in [6, 6.07) is 34.8. The summed E-state index contributed by atoms with van der Waals surface area (Å²) in [6.45, 7) is 8.63. The molecule has 0 aromatic heterocycles. The summed E-state index contributed by atoms with van der Waals surface area (Å²) in [6.07, 6.45) is 0. The van der Waals surface area contributed by atoms with Gasteiger partial charge >= 0.3 is 26.2 Å². The van der Waals surface area contributed by atoms with Crippen molar-refractivity contribution in [3.05, 3.63) is 108 Å². The van der Waals surface area contributed by atoms with Gasteiger partial charge in [-0.1, -0.05) is 98.4 Å². The molecule has 0 fully saturated rings. The van der Waals surface area contributed by atoms with Crippen molar-refractivity contribution < 1.29 is 51.0 Å². The molecule has 0 aliphatic heterocycles. The molecule has 0 atom stereocenters. The fourth-order valence-electron chi connectivity index (χ4n) is 4.08. The second-order valence-electron chi connectivity index (χ2n) is 8.11. The van der Waals surface area contributed by atoms with Gasteiger partial charge < -0.3 is 24.8 Å². The molecule has 0 nitrogen and oxygen atoms in total. The molecule has 0 saturated heterocycles. The van der Waals surface area contributed by atoms with Crippen LogP contribution in [0.4, 0.5) is 0 Å². The van der Waals surface area contributed by atoms with Gasteiger partial charge in [-0.25, -0.2) is 0 Å². The van der Waals surface area contributed by atoms with Crippen molar-refractivity contribution in [3.8, 4) is 0 Å². The van der Waals surface area contributed by atoms with Gasteiger partial charge in [0.25, 0.3) is 0 Å². The van der Waals surface area contributed by atoms with E-state index in [4.69, 9.17) is 0 Å². The minimum atomic E-state index is 0. The van der Waals surface area contributed by atoms with Crippen LogP contribution in [0.3, 0.4) is 0 Å². The first kappa shape index (κ1) is 30.3. The van der Waals surface area contributed by atoms with E-state index in [1.165, 1.54) is 54.2 Å². The van der Waals surface area contributed by atoms with E-state index >= 15 is 0 Å². The van der Waals surface area contributed by atoms with Crippen LogP contribution in [0.1, 0.15) is 11.1 Å². The molecule has 0 bridgehead atoms. The van der Waals surface area contributed by atoms with Gasteiger partial charge in [-0.15, -0.1) is 45.8 Å². The zero-order chi connectivity index (χ0) is 21.8. The van der Waals surface area contributed by atoms with Crippen molar-refractivity contribution in [2.24, 2.45) is 0 Å². The van der Waals surface area contributed by atoms with E-state index in [2.05, 4.69) is 124 Å². The topological polar surface area (TPSA) is 0 Å². The Kier molecular flexibility index (Phi) is 12.5. The first-order valence-corrected chi connectivity index (χ1v) is 12.8. The van der Waals surface area contributed by atoms with Crippen molar-refractivity contribution in [1.82, 2.24) is 0 Å². The third-order valence-corrected chi connectivity index (χ3v) is 5.71. The molecule has 0 N–H and O–H groups in total. The summed E-state index contributed by atoms with van der Waals surface area (Å²) in [7, 11) is 1.08. The predicted molar refractivity (Wildman–Crippen MR) is 141 cm³/mol. The second-order valence-corrected chi connectivity index (χ2v) is 9.11. The van der Waals surface area contributed by atoms with Gasteiger partial charge in [0.05, 0.1) is 0 Å². The summed E-state index contributed by atoms with van der Waals surface area (Å²) in [5.41, 5.74) is 2.73. The summed E-state index contributed by atoms with van der Waals surface area (Å²) in [4.78, 5) is 0. The second kappa shape index (κ2) is 14.0. The zero-order valence-corrected chi connectivity index (χ0v) is 25.0. The maximum atomic E-state index is 2.28. The quantitative estimate of drug-likeness (QED) is 0.192. The van der Waals surface area contributed by atoms with Crippen LogP contribution in [0.15, 0.2) is 97.1 Å². The van der Waals surface area contributed by atoms with E-state index in [-0.39, 0.29) is 51.0 Å². The summed E-state index contributed by atoms with van der Waals surface area (Å²) in [5.74, 6) is 0. The van der Waals surface area contributed by atoms with Crippen LogP contribution >= 0.6 is 0 Å². The molecule has 6 aromatic rings. The van der Waals surface area contributed by atoms with Crippen molar-refractivity contribution in [2.75, 3.05) is 0 Å². The van der Waals surface area contributed by atoms with Crippen LogP contribution in [0, 0.1) is 13.8 Å². The van der Waals surface area contributed by atoms with E-state index in [1.54, 1.807) is 0 Å². The third kappa shape index (κ3) is 6.70. The average Bonchev–Trinajstić information content (AvgIpc) is 3.34. The molecular weight excluding hydrogens is 551 g/mol. The summed E-state index contributed by atoms with van der Waals surface area (Å²) < 4.78 is 0. The largest absolute Gasteiger partial charge is 4.00 e. The van der Waals surface area contributed by atoms with Crippen molar-refractivity contribution >= 4 is 52.6 Å². The minimum Gasteiger partial charge on any atom is -1.00 e. The molecule has 0 aliphatic rings. The van der Waals surface area contributed by atoms with E-state index in [9.17, 15) is 0 Å². The SMILES string of the molecule is C[Si]C.Cc1c[cH-]c2cc3ccccc3cc12.Cc1c[cH-]c2cc3ccccc3cc12.[Cl-].[Cl-].[Zr+4]. The Hall–Kier alpha value is -1.70. The Bertz CT molecular complexity index is 1350. The molecule has 0 heterocycles. The fraction of sp³-hybridized carbons (Fsp3) is 0.133. The number of fused-ring (bicyclic) bond motifs is 4. The van der Waals surface area contributed by atoms with Gasteiger partial charge in [0, 0.05) is 9.52 Å². The fourth-order valence-corrected chi connectivity index (χ4v) is 4.08. The van der Waals surface area contributed by atoms with Gasteiger partial charge in [0.1, 0.15) is 0 Å². The molecule has 6 aromatic carbocycles. The Morgan fingerprint density at radius 1 is 0.559 bits per heavy atom. The third-order valence-electron chi connectivity index (χ3n) is 5.71. The predicted octanol–water partition coefficient (Wildman–Crippen LogP) is 2.83. The summed E-state index contributed by atoms with van der Waals surface area (Å²) >= 11 is 0. The molecule has 0 aliphatic carbocycles. The number of aryl methyl sites for hydroxylation is 2. The number of hydrogen-bond acceptors (Lipinski definition) is 0. The molecule has 2 radical (unpaired) electrons. The van der Waals surface area contributed by atoms with Gasteiger partial charge in [-0.3, -0.25) is 0 Å². The molecule has 0 spiro atoms. The Labute approximate surface area is 237 Å². The Morgan fingerprint density at radius 3 is 1.18 bits per heavy atom. The monoisotopic (exact) mass is 576 g/mol. The number of hydrogen-bond donors (Lipinski definition) is 0. The van der Waals surface area contributed by atoms with Crippen LogP contribution in [0.25, 0.3) is 43.1 Å². The van der Waals surface area contributed by atoms with E-state index in [0.29, 0.717) is 0 Å². The van der Waals surface area contributed by atoms with Crippen LogP contribution in [0.2, 0.25) is 13.1 Å². The van der Waals surface area contributed by atoms with Crippen molar-refractivity contribution in [3.63, 3.8) is 0 Å². The molecular formula is C30H28Cl2SiZr. The van der Waals surface area contributed by atoms with Crippen LogP contribution in [-0.2, 0) is 26.2 Å². The normalized spacial score (nSPS) is 9.76. The zero-order valence-electron chi connectivity index (χ0n) is 20.0. The van der Waals surface area contributed by atoms with E-state index < -0.39 is 0 Å². The minimum absolute atomic E-state index is 0. The average molecular weight is 579 g/mol. The smallest absolute Gasteiger partial charge is 1.00 e. The molecule has 0 saturated carbocycles. The van der Waals surface area contributed by atoms with Gasteiger partial charge in [-0.05, 0) is 10.8 Å². The first-order chi connectivity index (χ1) is 15.1. The molecule has 0 amide bonds. The van der Waals surface area contributed by atoms with Crippen LogP contribution in [-0.4, -0.2) is 9.52 Å². The number of benzene rings is 4. The molecule has 0 unspecified atom stereocenters. The molecule has 4 heteroatoms. The maximum Gasteiger partial charge on any atom is 4.00 e. The molecule has 34 heavy (non-hydrogen) atoms. The standard InChI is InChI=1S/2C14H11.C2H6Si.2ClH.Zr/c2*1-10-6-7-13-8-11-4-2-3-5-12(11)9-14(10)13;1-3-2;;;/h2*2-9H,1H3;1-2H3;2*1H;/q2*-1;;;;+4/p-2. The Balaban J connectivity index is 0.000000283. The number of halogens is 2. The van der Waals surface area contributed by atoms with Gasteiger partial charge in [0.2, 0.25) is 0 Å². The van der Waals surface area contributed by atoms with Gasteiger partial charge in [0.15, 0.2) is 0 Å². The van der Waals surface area contributed by atoms with Crippen LogP contribution < -0.4 is 24.8 Å². The van der Waals surface area contributed by atoms with Gasteiger partial charge in [-0.2, -0.15) is 23.3 Å². The molecule has 170 valence electrons. The van der Waals surface area contributed by atoms with Crippen molar-refractivity contribution in [2.45, 2.75) is 26.9 Å².